The predicted octanol–water partition coefficient (Wildman–Crippen LogP) is 2.09. The van der Waals surface area contributed by atoms with Crippen LogP contribution in [0.3, 0.4) is 0 Å². The van der Waals surface area contributed by atoms with Crippen molar-refractivity contribution in [3.63, 3.8) is 0 Å². The highest BCUT2D eigenvalue weighted by atomic mass is 32.2. The third-order valence-electron chi connectivity index (χ3n) is 5.42. The Balaban J connectivity index is 1.61. The van der Waals surface area contributed by atoms with Gasteiger partial charge in [0.25, 0.3) is 0 Å². The Morgan fingerprint density at radius 1 is 1.30 bits per heavy atom. The molecule has 1 N–H and O–H groups in total. The van der Waals surface area contributed by atoms with Crippen molar-refractivity contribution in [2.75, 3.05) is 26.7 Å². The second kappa shape index (κ2) is 6.79. The normalized spacial score (nSPS) is 30.3. The van der Waals surface area contributed by atoms with Crippen LogP contribution in [0.5, 0.6) is 5.75 Å². The zero-order valence-corrected chi connectivity index (χ0v) is 14.7. The molecular weight excluding hydrogens is 312 g/mol. The molecule has 6 heteroatoms. The first kappa shape index (κ1) is 16.7. The quantitative estimate of drug-likeness (QED) is 0.863. The number of methoxy groups -OCH3 is 1. The molecule has 3 aliphatic heterocycles. The predicted molar refractivity (Wildman–Crippen MR) is 90.0 cm³/mol. The van der Waals surface area contributed by atoms with Crippen molar-refractivity contribution in [2.24, 2.45) is 11.8 Å². The van der Waals surface area contributed by atoms with Gasteiger partial charge in [-0.25, -0.2) is 13.1 Å². The summed E-state index contributed by atoms with van der Waals surface area (Å²) in [7, 11) is -1.89. The fourth-order valence-corrected chi connectivity index (χ4v) is 5.04. The Labute approximate surface area is 139 Å². The molecule has 3 saturated heterocycles. The van der Waals surface area contributed by atoms with Gasteiger partial charge in [-0.15, -0.1) is 0 Å². The molecule has 5 nitrogen and oxygen atoms in total. The third kappa shape index (κ3) is 3.54. The average Bonchev–Trinajstić information content (AvgIpc) is 2.60. The zero-order valence-electron chi connectivity index (χ0n) is 13.9. The molecule has 0 saturated carbocycles. The van der Waals surface area contributed by atoms with Crippen LogP contribution in [0.4, 0.5) is 0 Å². The minimum Gasteiger partial charge on any atom is -0.497 e. The molecule has 0 radical (unpaired) electrons. The van der Waals surface area contributed by atoms with Crippen LogP contribution in [0, 0.1) is 11.8 Å². The van der Waals surface area contributed by atoms with E-state index in [1.807, 2.05) is 0 Å². The SMILES string of the molecule is CC[C@@H]1CN2CC[C@H]1C[C@@H]2CNS(=O)(=O)c1ccc(OC)cc1. The second-order valence-electron chi connectivity index (χ2n) is 6.63. The van der Waals surface area contributed by atoms with Gasteiger partial charge in [0, 0.05) is 19.1 Å². The molecule has 0 aliphatic carbocycles. The van der Waals surface area contributed by atoms with Crippen molar-refractivity contribution < 1.29 is 13.2 Å². The summed E-state index contributed by atoms with van der Waals surface area (Å²) in [5.41, 5.74) is 0. The molecular formula is C17H26N2O3S. The zero-order chi connectivity index (χ0) is 16.4. The number of piperidine rings is 3. The van der Waals surface area contributed by atoms with Crippen LogP contribution in [-0.2, 0) is 10.0 Å². The first-order chi connectivity index (χ1) is 11.0. The molecule has 0 amide bonds. The Morgan fingerprint density at radius 2 is 2.04 bits per heavy atom. The van der Waals surface area contributed by atoms with Gasteiger partial charge in [0.2, 0.25) is 10.0 Å². The summed E-state index contributed by atoms with van der Waals surface area (Å²) in [6, 6.07) is 6.85. The second-order valence-corrected chi connectivity index (χ2v) is 8.40. The van der Waals surface area contributed by atoms with Crippen LogP contribution in [0.15, 0.2) is 29.2 Å². The summed E-state index contributed by atoms with van der Waals surface area (Å²) in [4.78, 5) is 2.76. The minimum atomic E-state index is -3.45. The highest BCUT2D eigenvalue weighted by molar-refractivity contribution is 7.89. The van der Waals surface area contributed by atoms with Crippen molar-refractivity contribution >= 4 is 10.0 Å². The molecule has 1 unspecified atom stereocenters. The highest BCUT2D eigenvalue weighted by Gasteiger charge is 2.39. The third-order valence-corrected chi connectivity index (χ3v) is 6.86. The molecule has 23 heavy (non-hydrogen) atoms. The number of nitrogens with zero attached hydrogens (tertiary/aromatic N) is 1. The maximum atomic E-state index is 12.4. The van der Waals surface area contributed by atoms with Crippen molar-refractivity contribution in [2.45, 2.75) is 37.1 Å². The number of rotatable bonds is 6. The van der Waals surface area contributed by atoms with E-state index in [0.717, 1.165) is 31.3 Å². The lowest BCUT2D eigenvalue weighted by Crippen LogP contribution is -2.56. The Hall–Kier alpha value is -1.11. The summed E-state index contributed by atoms with van der Waals surface area (Å²) in [5.74, 6) is 2.21. The fraction of sp³-hybridized carbons (Fsp3) is 0.647. The Morgan fingerprint density at radius 3 is 2.61 bits per heavy atom. The van der Waals surface area contributed by atoms with E-state index in [-0.39, 0.29) is 0 Å². The van der Waals surface area contributed by atoms with E-state index in [2.05, 4.69) is 16.5 Å². The molecule has 4 atom stereocenters. The molecule has 1 aromatic rings. The number of hydrogen-bond donors (Lipinski definition) is 1. The lowest BCUT2D eigenvalue weighted by molar-refractivity contribution is 0.00236. The average molecular weight is 338 g/mol. The number of nitrogens with one attached hydrogen (secondary N) is 1. The molecule has 3 heterocycles. The monoisotopic (exact) mass is 338 g/mol. The van der Waals surface area contributed by atoms with Crippen LogP contribution in [0.1, 0.15) is 26.2 Å². The number of benzene rings is 1. The number of hydrogen-bond acceptors (Lipinski definition) is 4. The summed E-state index contributed by atoms with van der Waals surface area (Å²) in [6.45, 7) is 4.99. The van der Waals surface area contributed by atoms with Gasteiger partial charge >= 0.3 is 0 Å². The first-order valence-electron chi connectivity index (χ1n) is 8.41. The van der Waals surface area contributed by atoms with E-state index in [1.165, 1.54) is 12.8 Å². The molecule has 0 spiro atoms. The Bertz CT molecular complexity index is 630. The maximum Gasteiger partial charge on any atom is 0.240 e. The van der Waals surface area contributed by atoms with Gasteiger partial charge < -0.3 is 4.74 Å². The van der Waals surface area contributed by atoms with E-state index in [0.29, 0.717) is 23.2 Å². The number of sulfonamides is 1. The molecule has 3 fully saturated rings. The topological polar surface area (TPSA) is 58.6 Å². The van der Waals surface area contributed by atoms with Crippen molar-refractivity contribution in [1.29, 1.82) is 0 Å². The molecule has 1 aromatic carbocycles. The van der Waals surface area contributed by atoms with Crippen molar-refractivity contribution in [1.82, 2.24) is 9.62 Å². The highest BCUT2D eigenvalue weighted by Crippen LogP contribution is 2.37. The van der Waals surface area contributed by atoms with Crippen molar-refractivity contribution in [3.8, 4) is 5.75 Å². The van der Waals surface area contributed by atoms with E-state index in [1.54, 1.807) is 31.4 Å². The number of ether oxygens (including phenoxy) is 1. The van der Waals surface area contributed by atoms with Gasteiger partial charge in [-0.05, 0) is 55.5 Å². The summed E-state index contributed by atoms with van der Waals surface area (Å²) < 4.78 is 32.7. The van der Waals surface area contributed by atoms with Crippen molar-refractivity contribution in [3.05, 3.63) is 24.3 Å². The Kier molecular flexibility index (Phi) is 4.94. The lowest BCUT2D eigenvalue weighted by Gasteiger charge is -2.49. The molecule has 3 aliphatic rings. The van der Waals surface area contributed by atoms with Gasteiger partial charge in [-0.3, -0.25) is 4.90 Å². The minimum absolute atomic E-state index is 0.292. The largest absolute Gasteiger partial charge is 0.497 e. The first-order valence-corrected chi connectivity index (χ1v) is 9.89. The summed E-state index contributed by atoms with van der Waals surface area (Å²) in [5, 5.41) is 0. The van der Waals surface area contributed by atoms with Crippen LogP contribution < -0.4 is 9.46 Å². The van der Waals surface area contributed by atoms with Gasteiger partial charge in [0.05, 0.1) is 12.0 Å². The van der Waals surface area contributed by atoms with Gasteiger partial charge in [-0.1, -0.05) is 13.3 Å². The van der Waals surface area contributed by atoms with E-state index < -0.39 is 10.0 Å². The van der Waals surface area contributed by atoms with E-state index >= 15 is 0 Å². The summed E-state index contributed by atoms with van der Waals surface area (Å²) >= 11 is 0. The molecule has 4 rings (SSSR count). The smallest absolute Gasteiger partial charge is 0.240 e. The maximum absolute atomic E-state index is 12.4. The molecule has 2 bridgehead atoms. The lowest BCUT2D eigenvalue weighted by atomic mass is 9.74. The van der Waals surface area contributed by atoms with Gasteiger partial charge in [-0.2, -0.15) is 0 Å². The fourth-order valence-electron chi connectivity index (χ4n) is 3.97. The van der Waals surface area contributed by atoms with Crippen LogP contribution in [-0.4, -0.2) is 46.1 Å². The van der Waals surface area contributed by atoms with Crippen LogP contribution in [0.25, 0.3) is 0 Å². The van der Waals surface area contributed by atoms with Crippen LogP contribution in [0.2, 0.25) is 0 Å². The standard InChI is InChI=1S/C17H26N2O3S/c1-3-13-12-19-9-8-14(13)10-15(19)11-18-23(20,21)17-6-4-16(22-2)5-7-17/h4-7,13-15,18H,3,8-12H2,1-2H3/t13-,14+,15-/m1/s1. The number of fused-ring (bicyclic) bond motifs is 3. The van der Waals surface area contributed by atoms with E-state index in [9.17, 15) is 8.42 Å². The molecule has 128 valence electrons. The summed E-state index contributed by atoms with van der Waals surface area (Å²) in [6.07, 6.45) is 3.61. The van der Waals surface area contributed by atoms with Gasteiger partial charge in [0.15, 0.2) is 0 Å². The molecule has 0 aromatic heterocycles. The van der Waals surface area contributed by atoms with Crippen LogP contribution >= 0.6 is 0 Å². The van der Waals surface area contributed by atoms with E-state index in [4.69, 9.17) is 4.74 Å². The van der Waals surface area contributed by atoms with Gasteiger partial charge in [0.1, 0.15) is 5.75 Å².